The Bertz CT molecular complexity index is 1840. The number of benzene rings is 3. The van der Waals surface area contributed by atoms with Gasteiger partial charge < -0.3 is 18.9 Å². The van der Waals surface area contributed by atoms with Crippen molar-refractivity contribution < 1.29 is 27.1 Å². The Morgan fingerprint density at radius 2 is 1.79 bits per heavy atom. The Kier molecular flexibility index (Phi) is 10.5. The van der Waals surface area contributed by atoms with E-state index >= 15 is 0 Å². The minimum absolute atomic E-state index is 0.118. The van der Waals surface area contributed by atoms with Crippen molar-refractivity contribution in [2.45, 2.75) is 69.1 Å². The van der Waals surface area contributed by atoms with Crippen LogP contribution in [0.2, 0.25) is 18.1 Å². The summed E-state index contributed by atoms with van der Waals surface area (Å²) in [4.78, 5) is 15.2. The molecule has 8 nitrogen and oxygen atoms in total. The lowest BCUT2D eigenvalue weighted by Gasteiger charge is -2.36. The number of hydrogen-bond acceptors (Lipinski definition) is 6. The van der Waals surface area contributed by atoms with Crippen molar-refractivity contribution in [2.24, 2.45) is 0 Å². The van der Waals surface area contributed by atoms with Gasteiger partial charge in [0.1, 0.15) is 12.4 Å². The Hall–Kier alpha value is -3.70. The van der Waals surface area contributed by atoms with Crippen LogP contribution in [0, 0.1) is 0 Å². The third kappa shape index (κ3) is 7.89. The predicted octanol–water partition coefficient (Wildman–Crippen LogP) is 7.68. The van der Waals surface area contributed by atoms with Gasteiger partial charge in [0.2, 0.25) is 10.0 Å². The number of carbonyl (C=O) groups is 1. The van der Waals surface area contributed by atoms with Gasteiger partial charge in [-0.05, 0) is 96.1 Å². The van der Waals surface area contributed by atoms with Crippen molar-refractivity contribution in [2.75, 3.05) is 26.9 Å². The fourth-order valence-electron chi connectivity index (χ4n) is 5.78. The van der Waals surface area contributed by atoms with Gasteiger partial charge in [-0.1, -0.05) is 57.2 Å². The maximum absolute atomic E-state index is 14.4. The third-order valence-electron chi connectivity index (χ3n) is 9.50. The van der Waals surface area contributed by atoms with Gasteiger partial charge in [-0.25, -0.2) is 13.2 Å². The lowest BCUT2D eigenvalue weighted by Crippen LogP contribution is -2.41. The average molecular weight is 675 g/mol. The molecule has 1 unspecified atom stereocenters. The van der Waals surface area contributed by atoms with E-state index in [0.717, 1.165) is 39.6 Å². The van der Waals surface area contributed by atoms with Crippen LogP contribution in [0.4, 0.5) is 0 Å². The van der Waals surface area contributed by atoms with Crippen LogP contribution in [0.25, 0.3) is 17.0 Å². The summed E-state index contributed by atoms with van der Waals surface area (Å²) in [5.41, 5.74) is 5.04. The number of aromatic nitrogens is 1. The quantitative estimate of drug-likeness (QED) is 0.0677. The summed E-state index contributed by atoms with van der Waals surface area (Å²) < 4.78 is 47.3. The number of H-pyrrole nitrogens is 1. The van der Waals surface area contributed by atoms with Crippen molar-refractivity contribution in [1.29, 1.82) is 0 Å². The number of methoxy groups -OCH3 is 1. The number of nitrogens with one attached hydrogen (secondary N) is 1. The maximum atomic E-state index is 14.4. The molecule has 0 fully saturated rings. The maximum Gasteiger partial charge on any atom is 0.330 e. The van der Waals surface area contributed by atoms with Crippen molar-refractivity contribution in [3.05, 3.63) is 101 Å². The molecule has 3 aromatic carbocycles. The van der Waals surface area contributed by atoms with E-state index < -0.39 is 24.3 Å². The zero-order valence-electron chi connectivity index (χ0n) is 28.2. The van der Waals surface area contributed by atoms with Gasteiger partial charge in [0.05, 0.1) is 24.7 Å². The van der Waals surface area contributed by atoms with Gasteiger partial charge >= 0.3 is 5.97 Å². The number of sulfonamides is 1. The molecule has 0 saturated heterocycles. The molecule has 1 aliphatic carbocycles. The van der Waals surface area contributed by atoms with Crippen LogP contribution >= 0.6 is 0 Å². The van der Waals surface area contributed by atoms with E-state index in [1.807, 2.05) is 42.6 Å². The van der Waals surface area contributed by atoms with Crippen LogP contribution in [0.15, 0.2) is 83.9 Å². The number of fused-ring (bicyclic) bond motifs is 2. The van der Waals surface area contributed by atoms with E-state index in [9.17, 15) is 13.2 Å². The van der Waals surface area contributed by atoms with Gasteiger partial charge in [0, 0.05) is 29.7 Å². The molecule has 0 bridgehead atoms. The highest BCUT2D eigenvalue weighted by Gasteiger charge is 2.38. The number of aromatic amines is 1. The highest BCUT2D eigenvalue weighted by molar-refractivity contribution is 7.89. The number of para-hydroxylation sites is 1. The molecule has 1 atom stereocenters. The van der Waals surface area contributed by atoms with Crippen LogP contribution in [0.5, 0.6) is 5.75 Å². The van der Waals surface area contributed by atoms with Crippen LogP contribution in [-0.2, 0) is 36.8 Å². The van der Waals surface area contributed by atoms with Crippen LogP contribution in [0.3, 0.4) is 0 Å². The lowest BCUT2D eigenvalue weighted by atomic mass is 10.0. The highest BCUT2D eigenvalue weighted by atomic mass is 32.2. The molecule has 250 valence electrons. The summed E-state index contributed by atoms with van der Waals surface area (Å²) >= 11 is 0. The standard InChI is InChI=1S/C37H46N2O6SSi/c1-37(2,3)47(5,6)45-24-23-44-30-14-16-31(17-15-30)46(41,42)39(22-21-29-26-38-34-10-8-7-9-32(29)34)35-19-13-28-25-27(11-18-33(28)35)12-20-36(40)43-4/h7-12,14-18,20,25-26,35,38H,13,19,21-24H2,1-6H3. The van der Waals surface area contributed by atoms with E-state index in [0.29, 0.717) is 38.3 Å². The zero-order chi connectivity index (χ0) is 33.8. The number of aryl methyl sites for hydroxylation is 1. The van der Waals surface area contributed by atoms with E-state index in [1.165, 1.54) is 13.2 Å². The van der Waals surface area contributed by atoms with Crippen molar-refractivity contribution in [1.82, 2.24) is 9.29 Å². The number of ether oxygens (including phenoxy) is 2. The zero-order valence-corrected chi connectivity index (χ0v) is 30.0. The SMILES string of the molecule is COC(=O)C=Cc1ccc2c(c1)CCC2N(CCc1c[nH]c2ccccc12)S(=O)(=O)c1ccc(OCCO[Si](C)(C)C(C)(C)C)cc1. The van der Waals surface area contributed by atoms with Gasteiger partial charge in [-0.3, -0.25) is 0 Å². The van der Waals surface area contributed by atoms with E-state index in [-0.39, 0.29) is 16.0 Å². The second kappa shape index (κ2) is 14.2. The summed E-state index contributed by atoms with van der Waals surface area (Å²) in [6, 6.07) is 20.4. The molecule has 47 heavy (non-hydrogen) atoms. The second-order valence-electron chi connectivity index (χ2n) is 13.5. The third-order valence-corrected chi connectivity index (χ3v) is 16.0. The fourth-order valence-corrected chi connectivity index (χ4v) is 8.44. The Morgan fingerprint density at radius 3 is 2.51 bits per heavy atom. The van der Waals surface area contributed by atoms with Crippen molar-refractivity contribution in [3.8, 4) is 5.75 Å². The molecule has 4 aromatic rings. The lowest BCUT2D eigenvalue weighted by molar-refractivity contribution is -0.134. The Morgan fingerprint density at radius 1 is 1.04 bits per heavy atom. The molecule has 0 saturated carbocycles. The minimum Gasteiger partial charge on any atom is -0.491 e. The van der Waals surface area contributed by atoms with Gasteiger partial charge in [-0.15, -0.1) is 0 Å². The van der Waals surface area contributed by atoms with E-state index in [4.69, 9.17) is 13.9 Å². The molecule has 1 aliphatic rings. The molecule has 5 rings (SSSR count). The normalized spacial score (nSPS) is 15.4. The summed E-state index contributed by atoms with van der Waals surface area (Å²) in [5.74, 6) is 0.181. The first-order valence-corrected chi connectivity index (χ1v) is 20.5. The van der Waals surface area contributed by atoms with Gasteiger partial charge in [-0.2, -0.15) is 4.31 Å². The largest absolute Gasteiger partial charge is 0.491 e. The second-order valence-corrected chi connectivity index (χ2v) is 20.2. The first-order valence-electron chi connectivity index (χ1n) is 16.1. The van der Waals surface area contributed by atoms with Crippen LogP contribution in [-0.4, -0.2) is 58.9 Å². The molecule has 1 N–H and O–H groups in total. The van der Waals surface area contributed by atoms with Crippen LogP contribution in [0.1, 0.15) is 55.5 Å². The molecular weight excluding hydrogens is 629 g/mol. The molecule has 0 spiro atoms. The topological polar surface area (TPSA) is 97.9 Å². The number of hydrogen-bond donors (Lipinski definition) is 1. The molecule has 1 heterocycles. The van der Waals surface area contributed by atoms with Gasteiger partial charge in [0.15, 0.2) is 8.32 Å². The molecular formula is C37H46N2O6SSi. The minimum atomic E-state index is -3.87. The average Bonchev–Trinajstić information content (AvgIpc) is 3.65. The Balaban J connectivity index is 1.37. The summed E-state index contributed by atoms with van der Waals surface area (Å²) in [6.45, 7) is 12.2. The molecule has 1 aromatic heterocycles. The summed E-state index contributed by atoms with van der Waals surface area (Å²) in [6.07, 6.45) is 7.04. The number of esters is 1. The smallest absolute Gasteiger partial charge is 0.330 e. The number of nitrogens with zero attached hydrogens (tertiary/aromatic N) is 1. The molecule has 0 aliphatic heterocycles. The van der Waals surface area contributed by atoms with E-state index in [1.54, 1.807) is 34.6 Å². The van der Waals surface area contributed by atoms with E-state index in [2.05, 4.69) is 44.9 Å². The first-order chi connectivity index (χ1) is 22.3. The molecule has 0 amide bonds. The monoisotopic (exact) mass is 674 g/mol. The molecule has 0 radical (unpaired) electrons. The van der Waals surface area contributed by atoms with Crippen molar-refractivity contribution in [3.63, 3.8) is 0 Å². The van der Waals surface area contributed by atoms with Gasteiger partial charge in [0.25, 0.3) is 0 Å². The number of carbonyl (C=O) groups excluding carboxylic acids is 1. The fraction of sp³-hybridized carbons (Fsp3) is 0.378. The van der Waals surface area contributed by atoms with Crippen LogP contribution < -0.4 is 4.74 Å². The van der Waals surface area contributed by atoms with Crippen molar-refractivity contribution >= 4 is 41.3 Å². The summed E-state index contributed by atoms with van der Waals surface area (Å²) in [7, 11) is -4.40. The molecule has 10 heteroatoms. The summed E-state index contributed by atoms with van der Waals surface area (Å²) in [5, 5.41) is 1.21. The number of rotatable bonds is 13. The highest BCUT2D eigenvalue weighted by Crippen LogP contribution is 2.40. The Labute approximate surface area is 279 Å². The predicted molar refractivity (Wildman–Crippen MR) is 190 cm³/mol. The first kappa shape index (κ1) is 34.6.